The van der Waals surface area contributed by atoms with Gasteiger partial charge in [0.1, 0.15) is 11.6 Å². The number of anilines is 2. The van der Waals surface area contributed by atoms with Crippen LogP contribution in [0.2, 0.25) is 0 Å². The smallest absolute Gasteiger partial charge is 0.337 e. The number of aryl methyl sites for hydroxylation is 4. The van der Waals surface area contributed by atoms with Gasteiger partial charge in [0.25, 0.3) is 0 Å². The van der Waals surface area contributed by atoms with Gasteiger partial charge >= 0.3 is 5.97 Å². The molecule has 0 spiro atoms. The number of aromatic nitrogens is 5. The second-order valence-corrected chi connectivity index (χ2v) is 14.8. The van der Waals surface area contributed by atoms with E-state index in [0.717, 1.165) is 90.6 Å². The molecule has 3 aromatic heterocycles. The third-order valence-corrected chi connectivity index (χ3v) is 9.46. The summed E-state index contributed by atoms with van der Waals surface area (Å²) in [5, 5.41) is 15.9. The molecule has 0 bridgehead atoms. The van der Waals surface area contributed by atoms with E-state index in [9.17, 15) is 9.90 Å². The Hall–Kier alpha value is -4.05. The van der Waals surface area contributed by atoms with E-state index in [4.69, 9.17) is 14.7 Å². The van der Waals surface area contributed by atoms with Crippen molar-refractivity contribution < 1.29 is 14.6 Å². The lowest BCUT2D eigenvalue weighted by Gasteiger charge is -2.41. The number of piperidine rings is 1. The number of carbonyl (C=O) groups is 1. The molecule has 1 atom stereocenters. The van der Waals surface area contributed by atoms with Gasteiger partial charge in [-0.1, -0.05) is 32.0 Å². The van der Waals surface area contributed by atoms with E-state index in [1.54, 1.807) is 4.68 Å². The van der Waals surface area contributed by atoms with Crippen molar-refractivity contribution in [1.29, 1.82) is 0 Å². The highest BCUT2D eigenvalue weighted by Gasteiger charge is 2.36. The number of carboxylic acid groups (broad SMARTS) is 1. The Morgan fingerprint density at radius 3 is 2.37 bits per heavy atom. The number of pyridine rings is 1. The van der Waals surface area contributed by atoms with Crippen LogP contribution >= 0.6 is 0 Å². The lowest BCUT2D eigenvalue weighted by molar-refractivity contribution is -0.160. The molecular weight excluding hydrogens is 578 g/mol. The lowest BCUT2D eigenvalue weighted by Crippen LogP contribution is -2.39. The summed E-state index contributed by atoms with van der Waals surface area (Å²) in [5.41, 5.74) is 8.23. The van der Waals surface area contributed by atoms with Crippen molar-refractivity contribution >= 4 is 28.5 Å². The second-order valence-electron chi connectivity index (χ2n) is 14.8. The van der Waals surface area contributed by atoms with E-state index in [1.807, 2.05) is 54.8 Å². The van der Waals surface area contributed by atoms with Gasteiger partial charge in [-0.3, -0.25) is 9.67 Å². The number of nitrogens with zero attached hydrogens (tertiary/aromatic N) is 7. The predicted molar refractivity (Wildman–Crippen MR) is 181 cm³/mol. The summed E-state index contributed by atoms with van der Waals surface area (Å²) >= 11 is 0. The molecule has 0 saturated carbocycles. The first kappa shape index (κ1) is 31.9. The molecule has 5 heterocycles. The van der Waals surface area contributed by atoms with Gasteiger partial charge in [-0.05, 0) is 82.9 Å². The minimum atomic E-state index is -1.14. The number of aliphatic carboxylic acids is 1. The summed E-state index contributed by atoms with van der Waals surface area (Å²) in [6, 6.07) is 6.68. The molecule has 4 aromatic rings. The maximum absolute atomic E-state index is 12.9. The van der Waals surface area contributed by atoms with Gasteiger partial charge in [0.2, 0.25) is 0 Å². The summed E-state index contributed by atoms with van der Waals surface area (Å²) in [5.74, 6) is 0.651. The van der Waals surface area contributed by atoms with Crippen LogP contribution < -0.4 is 9.80 Å². The summed E-state index contributed by atoms with van der Waals surface area (Å²) in [6.07, 6.45) is 3.62. The molecule has 1 unspecified atom stereocenters. The van der Waals surface area contributed by atoms with Crippen LogP contribution in [-0.4, -0.2) is 61.0 Å². The molecule has 1 fully saturated rings. The molecule has 0 amide bonds. The summed E-state index contributed by atoms with van der Waals surface area (Å²) < 4.78 is 8.06. The first-order chi connectivity index (χ1) is 21.6. The van der Waals surface area contributed by atoms with Gasteiger partial charge in [0.15, 0.2) is 11.8 Å². The third-order valence-electron chi connectivity index (χ3n) is 9.46. The van der Waals surface area contributed by atoms with E-state index in [1.165, 1.54) is 11.1 Å². The Morgan fingerprint density at radius 2 is 1.70 bits per heavy atom. The van der Waals surface area contributed by atoms with Crippen molar-refractivity contribution in [2.24, 2.45) is 12.5 Å². The van der Waals surface area contributed by atoms with E-state index >= 15 is 0 Å². The van der Waals surface area contributed by atoms with Crippen LogP contribution in [0.25, 0.3) is 22.2 Å². The molecule has 1 aromatic carbocycles. The quantitative estimate of drug-likeness (QED) is 0.257. The number of hydrogen-bond acceptors (Lipinski definition) is 8. The number of rotatable bonds is 6. The average Bonchev–Trinajstić information content (AvgIpc) is 3.34. The van der Waals surface area contributed by atoms with Crippen LogP contribution in [-0.2, 0) is 29.5 Å². The Morgan fingerprint density at radius 1 is 0.978 bits per heavy atom. The van der Waals surface area contributed by atoms with Crippen molar-refractivity contribution in [3.05, 3.63) is 58.3 Å². The number of fused-ring (bicyclic) bond motifs is 2. The molecule has 46 heavy (non-hydrogen) atoms. The number of benzene rings is 1. The van der Waals surface area contributed by atoms with Crippen LogP contribution in [0, 0.1) is 26.2 Å². The highest BCUT2D eigenvalue weighted by molar-refractivity contribution is 5.89. The molecule has 1 N–H and O–H groups in total. The van der Waals surface area contributed by atoms with Crippen molar-refractivity contribution in [3.8, 4) is 11.1 Å². The van der Waals surface area contributed by atoms with Crippen LogP contribution in [0.4, 0.5) is 11.5 Å². The zero-order valence-corrected chi connectivity index (χ0v) is 28.7. The van der Waals surface area contributed by atoms with Gasteiger partial charge in [-0.25, -0.2) is 14.8 Å². The van der Waals surface area contributed by atoms with E-state index in [-0.39, 0.29) is 5.41 Å². The topological polar surface area (TPSA) is 109 Å². The lowest BCUT2D eigenvalue weighted by atomic mass is 9.81. The monoisotopic (exact) mass is 625 g/mol. The standard InChI is InChI=1S/C36H47N7O3/c1-21-28(30(42-16-13-36(7,8)14-17-42)29(22(2)38-21)31(34(44)45)46-35(4,5)6)25-10-11-26-20-43(15-12-24(26)18-25)33-27-19-37-41(9)32(27)39-23(3)40-33/h10-11,18-19,31H,12-17,20H2,1-9H3,(H,44,45). The molecule has 2 aliphatic heterocycles. The van der Waals surface area contributed by atoms with Gasteiger partial charge in [0, 0.05) is 55.7 Å². The van der Waals surface area contributed by atoms with Crippen molar-refractivity contribution in [2.75, 3.05) is 29.4 Å². The van der Waals surface area contributed by atoms with E-state index in [2.05, 4.69) is 51.9 Å². The molecule has 0 radical (unpaired) electrons. The summed E-state index contributed by atoms with van der Waals surface area (Å²) in [4.78, 5) is 32.0. The van der Waals surface area contributed by atoms with Gasteiger partial charge in [0.05, 0.1) is 22.9 Å². The molecule has 0 aliphatic carbocycles. The molecule has 10 heteroatoms. The second kappa shape index (κ2) is 11.6. The van der Waals surface area contributed by atoms with Crippen molar-refractivity contribution in [3.63, 3.8) is 0 Å². The molecular formula is C36H47N7O3. The highest BCUT2D eigenvalue weighted by Crippen LogP contribution is 2.45. The maximum Gasteiger partial charge on any atom is 0.337 e. The summed E-state index contributed by atoms with van der Waals surface area (Å²) in [7, 11) is 1.91. The molecule has 1 saturated heterocycles. The van der Waals surface area contributed by atoms with Crippen LogP contribution in [0.1, 0.15) is 87.5 Å². The van der Waals surface area contributed by atoms with Crippen molar-refractivity contribution in [1.82, 2.24) is 24.7 Å². The van der Waals surface area contributed by atoms with Gasteiger partial charge < -0.3 is 19.6 Å². The fraction of sp³-hybridized carbons (Fsp3) is 0.528. The normalized spacial score (nSPS) is 17.3. The molecule has 244 valence electrons. The molecule has 10 nitrogen and oxygen atoms in total. The Bertz CT molecular complexity index is 1810. The minimum absolute atomic E-state index is 0.239. The average molecular weight is 626 g/mol. The van der Waals surface area contributed by atoms with Crippen LogP contribution in [0.15, 0.2) is 24.4 Å². The number of carboxylic acids is 1. The van der Waals surface area contributed by atoms with Crippen LogP contribution in [0.5, 0.6) is 0 Å². The highest BCUT2D eigenvalue weighted by atomic mass is 16.5. The van der Waals surface area contributed by atoms with E-state index in [0.29, 0.717) is 11.3 Å². The zero-order valence-electron chi connectivity index (χ0n) is 28.7. The molecule has 6 rings (SSSR count). The van der Waals surface area contributed by atoms with Gasteiger partial charge in [-0.15, -0.1) is 0 Å². The first-order valence-electron chi connectivity index (χ1n) is 16.3. The zero-order chi connectivity index (χ0) is 33.1. The van der Waals surface area contributed by atoms with E-state index < -0.39 is 17.7 Å². The maximum atomic E-state index is 12.9. The summed E-state index contributed by atoms with van der Waals surface area (Å²) in [6.45, 7) is 19.5. The third kappa shape index (κ3) is 6.07. The number of hydrogen-bond donors (Lipinski definition) is 1. The minimum Gasteiger partial charge on any atom is -0.479 e. The van der Waals surface area contributed by atoms with Gasteiger partial charge in [-0.2, -0.15) is 5.10 Å². The molecule has 2 aliphatic rings. The fourth-order valence-electron chi connectivity index (χ4n) is 7.00. The SMILES string of the molecule is Cc1nc(N2CCc3cc(-c4c(C)nc(C)c(C(OC(C)(C)C)C(=O)O)c4N4CCC(C)(C)CC4)ccc3C2)c2cnn(C)c2n1. The van der Waals surface area contributed by atoms with Crippen LogP contribution in [0.3, 0.4) is 0 Å². The fourth-order valence-corrected chi connectivity index (χ4v) is 7.00. The Balaban J connectivity index is 1.44. The number of ether oxygens (including phenoxy) is 1. The Labute approximate surface area is 271 Å². The van der Waals surface area contributed by atoms with Crippen molar-refractivity contribution in [2.45, 2.75) is 92.9 Å². The largest absolute Gasteiger partial charge is 0.479 e. The predicted octanol–water partition coefficient (Wildman–Crippen LogP) is 6.48. The Kier molecular flexibility index (Phi) is 8.07. The first-order valence-corrected chi connectivity index (χ1v) is 16.3.